The molecule has 0 N–H and O–H groups in total. The zero-order chi connectivity index (χ0) is 10.4. The van der Waals surface area contributed by atoms with Crippen LogP contribution in [0.1, 0.15) is 40.0 Å². The number of hydrogen-bond donors (Lipinski definition) is 0. The minimum absolute atomic E-state index is 0.514. The molecule has 0 amide bonds. The molecule has 1 unspecified atom stereocenters. The SMILES string of the molecule is CCCCOC1CCN(CC(C)C)C1. The fraction of sp³-hybridized carbons (Fsp3) is 1.00. The van der Waals surface area contributed by atoms with Crippen LogP contribution in [0.15, 0.2) is 0 Å². The molecule has 2 heteroatoms. The Morgan fingerprint density at radius 1 is 1.43 bits per heavy atom. The smallest absolute Gasteiger partial charge is 0.0714 e. The summed E-state index contributed by atoms with van der Waals surface area (Å²) in [4.78, 5) is 2.53. The van der Waals surface area contributed by atoms with Gasteiger partial charge in [-0.15, -0.1) is 0 Å². The van der Waals surface area contributed by atoms with Crippen LogP contribution in [-0.4, -0.2) is 37.2 Å². The molecule has 0 aromatic carbocycles. The number of likely N-dealkylation sites (tertiary alicyclic amines) is 1. The lowest BCUT2D eigenvalue weighted by Gasteiger charge is -2.18. The summed E-state index contributed by atoms with van der Waals surface area (Å²) in [7, 11) is 0. The van der Waals surface area contributed by atoms with Crippen LogP contribution >= 0.6 is 0 Å². The first-order valence-corrected chi connectivity index (χ1v) is 6.06. The summed E-state index contributed by atoms with van der Waals surface area (Å²) >= 11 is 0. The number of rotatable bonds is 6. The second-order valence-electron chi connectivity index (χ2n) is 4.79. The Labute approximate surface area is 88.6 Å². The minimum atomic E-state index is 0.514. The highest BCUT2D eigenvalue weighted by Crippen LogP contribution is 2.14. The molecule has 1 heterocycles. The van der Waals surface area contributed by atoms with E-state index in [1.54, 1.807) is 0 Å². The molecule has 0 spiro atoms. The quantitative estimate of drug-likeness (QED) is 0.610. The van der Waals surface area contributed by atoms with Gasteiger partial charge in [0, 0.05) is 26.2 Å². The third-order valence-electron chi connectivity index (χ3n) is 2.70. The fourth-order valence-electron chi connectivity index (χ4n) is 2.01. The molecule has 0 bridgehead atoms. The fourth-order valence-corrected chi connectivity index (χ4v) is 2.01. The van der Waals surface area contributed by atoms with Gasteiger partial charge < -0.3 is 9.64 Å². The maximum Gasteiger partial charge on any atom is 0.0714 e. The van der Waals surface area contributed by atoms with Crippen molar-refractivity contribution in [3.63, 3.8) is 0 Å². The number of unbranched alkanes of at least 4 members (excludes halogenated alkanes) is 1. The highest BCUT2D eigenvalue weighted by atomic mass is 16.5. The van der Waals surface area contributed by atoms with Crippen molar-refractivity contribution in [2.75, 3.05) is 26.2 Å². The molecule has 0 aliphatic carbocycles. The molecule has 1 aliphatic rings. The van der Waals surface area contributed by atoms with Gasteiger partial charge in [0.25, 0.3) is 0 Å². The van der Waals surface area contributed by atoms with Crippen molar-refractivity contribution in [1.29, 1.82) is 0 Å². The van der Waals surface area contributed by atoms with Crippen LogP contribution in [0, 0.1) is 5.92 Å². The van der Waals surface area contributed by atoms with Crippen LogP contribution in [0.3, 0.4) is 0 Å². The summed E-state index contributed by atoms with van der Waals surface area (Å²) in [5, 5.41) is 0. The largest absolute Gasteiger partial charge is 0.377 e. The Bertz CT molecular complexity index is 147. The third-order valence-corrected chi connectivity index (χ3v) is 2.70. The topological polar surface area (TPSA) is 12.5 Å². The van der Waals surface area contributed by atoms with Gasteiger partial charge >= 0.3 is 0 Å². The van der Waals surface area contributed by atoms with Crippen molar-refractivity contribution in [3.8, 4) is 0 Å². The Morgan fingerprint density at radius 2 is 2.21 bits per heavy atom. The van der Waals surface area contributed by atoms with Crippen LogP contribution in [0.5, 0.6) is 0 Å². The summed E-state index contributed by atoms with van der Waals surface area (Å²) in [5.41, 5.74) is 0. The van der Waals surface area contributed by atoms with Gasteiger partial charge in [0.2, 0.25) is 0 Å². The van der Waals surface area contributed by atoms with Crippen molar-refractivity contribution in [1.82, 2.24) is 4.90 Å². The van der Waals surface area contributed by atoms with E-state index in [2.05, 4.69) is 25.7 Å². The van der Waals surface area contributed by atoms with Gasteiger partial charge in [0.15, 0.2) is 0 Å². The van der Waals surface area contributed by atoms with Crippen LogP contribution in [0.25, 0.3) is 0 Å². The second-order valence-corrected chi connectivity index (χ2v) is 4.79. The summed E-state index contributed by atoms with van der Waals surface area (Å²) in [6.07, 6.45) is 4.19. The average molecular weight is 199 g/mol. The summed E-state index contributed by atoms with van der Waals surface area (Å²) in [6.45, 7) is 11.3. The first kappa shape index (κ1) is 12.0. The van der Waals surface area contributed by atoms with Gasteiger partial charge in [-0.05, 0) is 18.8 Å². The Morgan fingerprint density at radius 3 is 2.86 bits per heavy atom. The van der Waals surface area contributed by atoms with Gasteiger partial charge in [-0.1, -0.05) is 27.2 Å². The number of nitrogens with zero attached hydrogens (tertiary/aromatic N) is 1. The van der Waals surface area contributed by atoms with Gasteiger partial charge in [0.05, 0.1) is 6.10 Å². The van der Waals surface area contributed by atoms with E-state index < -0.39 is 0 Å². The predicted octanol–water partition coefficient (Wildman–Crippen LogP) is 2.53. The Hall–Kier alpha value is -0.0800. The van der Waals surface area contributed by atoms with Crippen LogP contribution in [0.2, 0.25) is 0 Å². The van der Waals surface area contributed by atoms with E-state index in [0.717, 1.165) is 19.1 Å². The third kappa shape index (κ3) is 4.43. The van der Waals surface area contributed by atoms with E-state index in [0.29, 0.717) is 6.10 Å². The lowest BCUT2D eigenvalue weighted by atomic mass is 10.2. The lowest BCUT2D eigenvalue weighted by Crippen LogP contribution is -2.27. The average Bonchev–Trinajstić information content (AvgIpc) is 2.52. The van der Waals surface area contributed by atoms with E-state index in [1.807, 2.05) is 0 Å². The maximum atomic E-state index is 5.81. The molecule has 0 aromatic heterocycles. The summed E-state index contributed by atoms with van der Waals surface area (Å²) in [6, 6.07) is 0. The van der Waals surface area contributed by atoms with Gasteiger partial charge in [-0.3, -0.25) is 0 Å². The van der Waals surface area contributed by atoms with Crippen molar-refractivity contribution in [2.24, 2.45) is 5.92 Å². The monoisotopic (exact) mass is 199 g/mol. The van der Waals surface area contributed by atoms with Gasteiger partial charge in [-0.2, -0.15) is 0 Å². The highest BCUT2D eigenvalue weighted by molar-refractivity contribution is 4.76. The van der Waals surface area contributed by atoms with Crippen molar-refractivity contribution in [2.45, 2.75) is 46.1 Å². The maximum absolute atomic E-state index is 5.81. The van der Waals surface area contributed by atoms with Gasteiger partial charge in [-0.25, -0.2) is 0 Å². The molecule has 1 fully saturated rings. The number of hydrogen-bond acceptors (Lipinski definition) is 2. The van der Waals surface area contributed by atoms with E-state index in [1.165, 1.54) is 32.4 Å². The standard InChI is InChI=1S/C12H25NO/c1-4-5-8-14-12-6-7-13(10-12)9-11(2)3/h11-12H,4-10H2,1-3H3. The number of ether oxygens (including phenoxy) is 1. The lowest BCUT2D eigenvalue weighted by molar-refractivity contribution is 0.0564. The Balaban J connectivity index is 2.08. The first-order valence-electron chi connectivity index (χ1n) is 6.06. The highest BCUT2D eigenvalue weighted by Gasteiger charge is 2.22. The first-order chi connectivity index (χ1) is 6.72. The molecule has 0 aromatic rings. The summed E-state index contributed by atoms with van der Waals surface area (Å²) in [5.74, 6) is 0.782. The molecule has 14 heavy (non-hydrogen) atoms. The van der Waals surface area contributed by atoms with Crippen molar-refractivity contribution >= 4 is 0 Å². The molecule has 2 nitrogen and oxygen atoms in total. The molecule has 0 saturated carbocycles. The normalized spacial score (nSPS) is 23.6. The van der Waals surface area contributed by atoms with Crippen LogP contribution in [-0.2, 0) is 4.74 Å². The Kier molecular flexibility index (Phi) is 5.49. The molecular formula is C12H25NO. The van der Waals surface area contributed by atoms with Crippen LogP contribution in [0.4, 0.5) is 0 Å². The van der Waals surface area contributed by atoms with Crippen molar-refractivity contribution in [3.05, 3.63) is 0 Å². The van der Waals surface area contributed by atoms with Gasteiger partial charge in [0.1, 0.15) is 0 Å². The molecule has 1 rings (SSSR count). The molecule has 84 valence electrons. The molecule has 1 atom stereocenters. The molecule has 1 aliphatic heterocycles. The zero-order valence-electron chi connectivity index (χ0n) is 9.96. The van der Waals surface area contributed by atoms with E-state index in [-0.39, 0.29) is 0 Å². The molecule has 1 saturated heterocycles. The zero-order valence-corrected chi connectivity index (χ0v) is 9.96. The van der Waals surface area contributed by atoms with Crippen molar-refractivity contribution < 1.29 is 4.74 Å². The minimum Gasteiger partial charge on any atom is -0.377 e. The van der Waals surface area contributed by atoms with Crippen LogP contribution < -0.4 is 0 Å². The summed E-state index contributed by atoms with van der Waals surface area (Å²) < 4.78 is 5.81. The van der Waals surface area contributed by atoms with E-state index >= 15 is 0 Å². The van der Waals surface area contributed by atoms with E-state index in [4.69, 9.17) is 4.74 Å². The predicted molar refractivity (Wildman–Crippen MR) is 60.5 cm³/mol. The second kappa shape index (κ2) is 6.41. The molecular weight excluding hydrogens is 174 g/mol. The molecule has 0 radical (unpaired) electrons. The van der Waals surface area contributed by atoms with E-state index in [9.17, 15) is 0 Å².